The molecule has 2 heterocycles. The summed E-state index contributed by atoms with van der Waals surface area (Å²) in [5.41, 5.74) is -1.28. The summed E-state index contributed by atoms with van der Waals surface area (Å²) in [7, 11) is 0. The molecule has 2 saturated heterocycles. The summed E-state index contributed by atoms with van der Waals surface area (Å²) in [6.07, 6.45) is 1.72. The minimum atomic E-state index is -0.666. The van der Waals surface area contributed by atoms with Gasteiger partial charge in [-0.3, -0.25) is 4.79 Å². The molecule has 0 aromatic carbocycles. The van der Waals surface area contributed by atoms with E-state index in [-0.39, 0.29) is 29.8 Å². The number of fused-ring (bicyclic) bond motifs is 4. The van der Waals surface area contributed by atoms with Gasteiger partial charge in [0.25, 0.3) is 0 Å². The van der Waals surface area contributed by atoms with E-state index in [2.05, 4.69) is 20.8 Å². The van der Waals surface area contributed by atoms with E-state index in [1.54, 1.807) is 0 Å². The van der Waals surface area contributed by atoms with Gasteiger partial charge >= 0.3 is 11.9 Å². The van der Waals surface area contributed by atoms with E-state index in [1.807, 2.05) is 6.92 Å². The first-order valence-corrected chi connectivity index (χ1v) is 9.33. The molecule has 3 rings (SSSR count). The van der Waals surface area contributed by atoms with E-state index in [0.717, 1.165) is 12.8 Å². The number of esters is 2. The minimum Gasteiger partial charge on any atom is -0.459 e. The molecule has 3 fully saturated rings. The Balaban J connectivity index is 2.05. The standard InChI is InChI=1S/C19H30O6/c1-10(2)19-8-14(24-15(22)9-20)18(5,25-19)13-7-6-11(3)16(13)17(19)23-12(4)21/h10-11,13-14,16-17,20H,6-9H2,1-5H3. The van der Waals surface area contributed by atoms with Crippen molar-refractivity contribution in [2.45, 2.75) is 77.3 Å². The van der Waals surface area contributed by atoms with Crippen molar-refractivity contribution in [3.63, 3.8) is 0 Å². The predicted molar refractivity (Wildman–Crippen MR) is 89.6 cm³/mol. The molecule has 0 aromatic rings. The summed E-state index contributed by atoms with van der Waals surface area (Å²) in [6, 6.07) is 0. The third-order valence-corrected chi connectivity index (χ3v) is 6.85. The molecule has 3 aliphatic rings. The Bertz CT molecular complexity index is 560. The molecule has 1 aliphatic carbocycles. The summed E-state index contributed by atoms with van der Waals surface area (Å²) in [4.78, 5) is 23.6. The highest BCUT2D eigenvalue weighted by molar-refractivity contribution is 5.70. The third kappa shape index (κ3) is 2.69. The van der Waals surface area contributed by atoms with E-state index >= 15 is 0 Å². The van der Waals surface area contributed by atoms with Crippen LogP contribution in [0.2, 0.25) is 0 Å². The molecule has 142 valence electrons. The zero-order chi connectivity index (χ0) is 18.6. The summed E-state index contributed by atoms with van der Waals surface area (Å²) < 4.78 is 18.1. The molecule has 2 bridgehead atoms. The van der Waals surface area contributed by atoms with Crippen LogP contribution >= 0.6 is 0 Å². The average Bonchev–Trinajstić information content (AvgIpc) is 3.03. The Hall–Kier alpha value is -1.14. The summed E-state index contributed by atoms with van der Waals surface area (Å²) in [6.45, 7) is 9.15. The number of carbonyl (C=O) groups is 2. The number of carbonyl (C=O) groups excluding carboxylic acids is 2. The second-order valence-electron chi connectivity index (χ2n) is 8.50. The lowest BCUT2D eigenvalue weighted by molar-refractivity contribution is -0.265. The van der Waals surface area contributed by atoms with Crippen LogP contribution in [-0.2, 0) is 23.8 Å². The van der Waals surface area contributed by atoms with E-state index < -0.39 is 29.9 Å². The molecule has 6 nitrogen and oxygen atoms in total. The third-order valence-electron chi connectivity index (χ3n) is 6.85. The van der Waals surface area contributed by atoms with Gasteiger partial charge in [-0.05, 0) is 37.5 Å². The van der Waals surface area contributed by atoms with Gasteiger partial charge in [-0.25, -0.2) is 4.79 Å². The zero-order valence-electron chi connectivity index (χ0n) is 15.8. The van der Waals surface area contributed by atoms with Gasteiger partial charge in [-0.1, -0.05) is 20.8 Å². The van der Waals surface area contributed by atoms with Crippen molar-refractivity contribution >= 4 is 11.9 Å². The van der Waals surface area contributed by atoms with Crippen LogP contribution < -0.4 is 0 Å². The Morgan fingerprint density at radius 2 is 1.96 bits per heavy atom. The average molecular weight is 354 g/mol. The quantitative estimate of drug-likeness (QED) is 0.779. The van der Waals surface area contributed by atoms with Gasteiger partial charge < -0.3 is 19.3 Å². The number of hydrogen-bond donors (Lipinski definition) is 1. The maximum atomic E-state index is 11.8. The molecule has 0 amide bonds. The van der Waals surface area contributed by atoms with Crippen molar-refractivity contribution in [1.29, 1.82) is 0 Å². The van der Waals surface area contributed by atoms with Crippen LogP contribution in [0.4, 0.5) is 0 Å². The van der Waals surface area contributed by atoms with Crippen LogP contribution in [0.15, 0.2) is 0 Å². The van der Waals surface area contributed by atoms with Gasteiger partial charge in [-0.2, -0.15) is 0 Å². The highest BCUT2D eigenvalue weighted by Gasteiger charge is 2.72. The fourth-order valence-corrected chi connectivity index (χ4v) is 5.62. The predicted octanol–water partition coefficient (Wildman–Crippen LogP) is 2.07. The smallest absolute Gasteiger partial charge is 0.332 e. The molecule has 25 heavy (non-hydrogen) atoms. The van der Waals surface area contributed by atoms with Crippen LogP contribution in [0.1, 0.15) is 53.9 Å². The molecule has 7 atom stereocenters. The number of aliphatic hydroxyl groups excluding tert-OH is 1. The summed E-state index contributed by atoms with van der Waals surface area (Å²) >= 11 is 0. The number of rotatable bonds is 4. The fourth-order valence-electron chi connectivity index (χ4n) is 5.62. The Morgan fingerprint density at radius 1 is 1.28 bits per heavy atom. The molecule has 1 N–H and O–H groups in total. The van der Waals surface area contributed by atoms with Crippen molar-refractivity contribution in [2.75, 3.05) is 6.61 Å². The highest BCUT2D eigenvalue weighted by atomic mass is 16.6. The minimum absolute atomic E-state index is 0.0998. The zero-order valence-corrected chi connectivity index (χ0v) is 15.8. The molecule has 0 spiro atoms. The molecular formula is C19H30O6. The molecular weight excluding hydrogens is 324 g/mol. The van der Waals surface area contributed by atoms with E-state index in [0.29, 0.717) is 12.3 Å². The van der Waals surface area contributed by atoms with Crippen LogP contribution in [0, 0.1) is 23.7 Å². The first kappa shape index (κ1) is 18.6. The Labute approximate surface area is 149 Å². The lowest BCUT2D eigenvalue weighted by atomic mass is 9.69. The van der Waals surface area contributed by atoms with Crippen molar-refractivity contribution in [3.05, 3.63) is 0 Å². The van der Waals surface area contributed by atoms with Crippen LogP contribution in [0.5, 0.6) is 0 Å². The Kier molecular flexibility index (Phi) is 4.65. The molecule has 6 heteroatoms. The molecule has 1 saturated carbocycles. The van der Waals surface area contributed by atoms with Crippen LogP contribution in [-0.4, -0.2) is 47.1 Å². The molecule has 7 unspecified atom stereocenters. The van der Waals surface area contributed by atoms with Crippen molar-refractivity contribution in [2.24, 2.45) is 23.7 Å². The van der Waals surface area contributed by atoms with Crippen molar-refractivity contribution in [1.82, 2.24) is 0 Å². The van der Waals surface area contributed by atoms with Gasteiger partial charge in [0.1, 0.15) is 30.0 Å². The van der Waals surface area contributed by atoms with E-state index in [9.17, 15) is 9.59 Å². The van der Waals surface area contributed by atoms with Crippen molar-refractivity contribution in [3.8, 4) is 0 Å². The van der Waals surface area contributed by atoms with Gasteiger partial charge in [0.05, 0.1) is 0 Å². The normalized spacial score (nSPS) is 45.3. The SMILES string of the molecule is CC(=O)OC1C2C(C)CCC2C2(C)OC1(C(C)C)CC2OC(=O)CO. The first-order chi connectivity index (χ1) is 11.7. The van der Waals surface area contributed by atoms with Gasteiger partial charge in [0, 0.05) is 19.3 Å². The lowest BCUT2D eigenvalue weighted by Gasteiger charge is -2.52. The molecule has 0 aromatic heterocycles. The first-order valence-electron chi connectivity index (χ1n) is 9.33. The summed E-state index contributed by atoms with van der Waals surface area (Å²) in [5, 5.41) is 9.11. The Morgan fingerprint density at radius 3 is 2.52 bits per heavy atom. The van der Waals surface area contributed by atoms with Crippen LogP contribution in [0.3, 0.4) is 0 Å². The maximum Gasteiger partial charge on any atom is 0.332 e. The van der Waals surface area contributed by atoms with Crippen molar-refractivity contribution < 1.29 is 28.9 Å². The second kappa shape index (κ2) is 6.23. The highest BCUT2D eigenvalue weighted by Crippen LogP contribution is 2.63. The maximum absolute atomic E-state index is 11.8. The number of aliphatic hydroxyl groups is 1. The fraction of sp³-hybridized carbons (Fsp3) is 0.895. The van der Waals surface area contributed by atoms with E-state index in [4.69, 9.17) is 19.3 Å². The van der Waals surface area contributed by atoms with Gasteiger partial charge in [-0.15, -0.1) is 0 Å². The topological polar surface area (TPSA) is 82.1 Å². The lowest BCUT2D eigenvalue weighted by Crippen LogP contribution is -2.62. The molecule has 0 radical (unpaired) electrons. The molecule has 2 aliphatic heterocycles. The van der Waals surface area contributed by atoms with E-state index in [1.165, 1.54) is 6.92 Å². The summed E-state index contributed by atoms with van der Waals surface area (Å²) in [5.74, 6) is -0.0508. The van der Waals surface area contributed by atoms with Gasteiger partial charge in [0.15, 0.2) is 0 Å². The monoisotopic (exact) mass is 354 g/mol. The number of ether oxygens (including phenoxy) is 3. The van der Waals surface area contributed by atoms with Gasteiger partial charge in [0.2, 0.25) is 0 Å². The van der Waals surface area contributed by atoms with Crippen LogP contribution in [0.25, 0.3) is 0 Å². The second-order valence-corrected chi connectivity index (χ2v) is 8.50. The number of hydrogen-bond acceptors (Lipinski definition) is 6. The largest absolute Gasteiger partial charge is 0.459 e.